The zero-order chi connectivity index (χ0) is 16.8. The molecule has 1 aliphatic carbocycles. The van der Waals surface area contributed by atoms with Crippen LogP contribution in [0.3, 0.4) is 0 Å². The van der Waals surface area contributed by atoms with E-state index in [0.717, 1.165) is 36.3 Å². The Morgan fingerprint density at radius 1 is 1.29 bits per heavy atom. The first-order valence-electron chi connectivity index (χ1n) is 8.47. The molecular formula is C18H21N3O3. The molecule has 6 nitrogen and oxygen atoms in total. The normalized spacial score (nSPS) is 17.0. The summed E-state index contributed by atoms with van der Waals surface area (Å²) >= 11 is 0. The fourth-order valence-electron chi connectivity index (χ4n) is 3.68. The van der Waals surface area contributed by atoms with Gasteiger partial charge >= 0.3 is 0 Å². The molecule has 6 heteroatoms. The van der Waals surface area contributed by atoms with Crippen LogP contribution in [0.25, 0.3) is 0 Å². The zero-order valence-electron chi connectivity index (χ0n) is 14.0. The molecule has 1 amide bonds. The Hall–Kier alpha value is -2.37. The number of hydrogen-bond acceptors (Lipinski definition) is 4. The maximum atomic E-state index is 12.5. The van der Waals surface area contributed by atoms with Gasteiger partial charge < -0.3 is 9.32 Å². The average Bonchev–Trinajstić information content (AvgIpc) is 3.07. The Labute approximate surface area is 140 Å². The highest BCUT2D eigenvalue weighted by molar-refractivity contribution is 5.95. The number of fused-ring (bicyclic) bond motifs is 1. The number of aryl methyl sites for hydroxylation is 4. The van der Waals surface area contributed by atoms with Crippen LogP contribution >= 0.6 is 0 Å². The third-order valence-corrected chi connectivity index (χ3v) is 4.97. The van der Waals surface area contributed by atoms with E-state index in [-0.39, 0.29) is 17.4 Å². The summed E-state index contributed by atoms with van der Waals surface area (Å²) in [5, 5.41) is 4.51. The van der Waals surface area contributed by atoms with E-state index in [0.29, 0.717) is 31.0 Å². The molecule has 4 rings (SSSR count). The molecule has 0 radical (unpaired) electrons. The van der Waals surface area contributed by atoms with Crippen molar-refractivity contribution in [3.8, 4) is 0 Å². The summed E-state index contributed by atoms with van der Waals surface area (Å²) < 4.78 is 7.01. The van der Waals surface area contributed by atoms with Crippen LogP contribution in [-0.2, 0) is 19.4 Å². The Morgan fingerprint density at radius 3 is 2.79 bits per heavy atom. The van der Waals surface area contributed by atoms with Gasteiger partial charge in [-0.1, -0.05) is 0 Å². The van der Waals surface area contributed by atoms with Crippen LogP contribution < -0.4 is 5.56 Å². The lowest BCUT2D eigenvalue weighted by molar-refractivity contribution is 0.0456. The standard InChI is InChI=1S/C18H21N3O3/c1-11-6-15(12(2)24-11)18(23)20-8-13(9-20)10-21-17(22)7-14-4-3-5-16(14)19-21/h6-7,13H,3-5,8-10H2,1-2H3. The highest BCUT2D eigenvalue weighted by Gasteiger charge is 2.33. The number of nitrogens with zero attached hydrogens (tertiary/aromatic N) is 3. The first-order chi connectivity index (χ1) is 11.5. The second kappa shape index (κ2) is 5.61. The third kappa shape index (κ3) is 2.56. The molecule has 2 aromatic heterocycles. The van der Waals surface area contributed by atoms with E-state index in [1.165, 1.54) is 0 Å². The van der Waals surface area contributed by atoms with E-state index in [4.69, 9.17) is 4.42 Å². The molecule has 126 valence electrons. The smallest absolute Gasteiger partial charge is 0.267 e. The van der Waals surface area contributed by atoms with Gasteiger partial charge in [0.05, 0.1) is 17.8 Å². The number of carbonyl (C=O) groups excluding carboxylic acids is 1. The predicted octanol–water partition coefficient (Wildman–Crippen LogP) is 1.71. The van der Waals surface area contributed by atoms with Crippen LogP contribution in [0.4, 0.5) is 0 Å². The van der Waals surface area contributed by atoms with E-state index in [1.54, 1.807) is 21.7 Å². The van der Waals surface area contributed by atoms with Crippen LogP contribution in [-0.4, -0.2) is 33.7 Å². The van der Waals surface area contributed by atoms with Crippen LogP contribution in [0.1, 0.15) is 39.6 Å². The van der Waals surface area contributed by atoms with E-state index in [1.807, 2.05) is 13.8 Å². The van der Waals surface area contributed by atoms with Crippen molar-refractivity contribution < 1.29 is 9.21 Å². The summed E-state index contributed by atoms with van der Waals surface area (Å²) in [6, 6.07) is 3.52. The molecule has 1 saturated heterocycles. The number of aromatic nitrogens is 2. The van der Waals surface area contributed by atoms with Crippen LogP contribution in [0.15, 0.2) is 21.3 Å². The number of rotatable bonds is 3. The predicted molar refractivity (Wildman–Crippen MR) is 88.1 cm³/mol. The average molecular weight is 327 g/mol. The molecule has 0 atom stereocenters. The van der Waals surface area contributed by atoms with Crippen LogP contribution in [0.5, 0.6) is 0 Å². The molecule has 2 aromatic rings. The lowest BCUT2D eigenvalue weighted by atomic mass is 9.99. The lowest BCUT2D eigenvalue weighted by Gasteiger charge is -2.39. The summed E-state index contributed by atoms with van der Waals surface area (Å²) in [4.78, 5) is 26.4. The van der Waals surface area contributed by atoms with Gasteiger partial charge in [0.2, 0.25) is 0 Å². The van der Waals surface area contributed by atoms with Crippen molar-refractivity contribution in [3.63, 3.8) is 0 Å². The monoisotopic (exact) mass is 327 g/mol. The highest BCUT2D eigenvalue weighted by Crippen LogP contribution is 2.23. The molecule has 0 bridgehead atoms. The van der Waals surface area contributed by atoms with Crippen molar-refractivity contribution in [1.82, 2.24) is 14.7 Å². The Morgan fingerprint density at radius 2 is 2.08 bits per heavy atom. The molecule has 0 N–H and O–H groups in total. The topological polar surface area (TPSA) is 68.3 Å². The fraction of sp³-hybridized carbons (Fsp3) is 0.500. The van der Waals surface area contributed by atoms with E-state index < -0.39 is 0 Å². The van der Waals surface area contributed by atoms with E-state index in [2.05, 4.69) is 5.10 Å². The summed E-state index contributed by atoms with van der Waals surface area (Å²) in [5.41, 5.74) is 2.78. The van der Waals surface area contributed by atoms with Crippen molar-refractivity contribution in [3.05, 3.63) is 50.8 Å². The quantitative estimate of drug-likeness (QED) is 0.861. The maximum Gasteiger partial charge on any atom is 0.267 e. The molecule has 24 heavy (non-hydrogen) atoms. The van der Waals surface area contributed by atoms with Gasteiger partial charge in [-0.25, -0.2) is 4.68 Å². The lowest BCUT2D eigenvalue weighted by Crippen LogP contribution is -2.52. The summed E-state index contributed by atoms with van der Waals surface area (Å²) in [6.07, 6.45) is 3.01. The number of carbonyl (C=O) groups is 1. The minimum absolute atomic E-state index is 0.00913. The summed E-state index contributed by atoms with van der Waals surface area (Å²) in [6.45, 7) is 5.56. The molecule has 0 spiro atoms. The molecule has 3 heterocycles. The molecule has 2 aliphatic rings. The van der Waals surface area contributed by atoms with Crippen LogP contribution in [0, 0.1) is 19.8 Å². The Bertz CT molecular complexity index is 859. The second-order valence-corrected chi connectivity index (χ2v) is 6.89. The van der Waals surface area contributed by atoms with Gasteiger partial charge in [0.15, 0.2) is 0 Å². The van der Waals surface area contributed by atoms with Gasteiger partial charge in [-0.05, 0) is 44.7 Å². The fourth-order valence-corrected chi connectivity index (χ4v) is 3.68. The van der Waals surface area contributed by atoms with Crippen molar-refractivity contribution in [2.45, 2.75) is 39.7 Å². The van der Waals surface area contributed by atoms with Crippen molar-refractivity contribution in [2.75, 3.05) is 13.1 Å². The first kappa shape index (κ1) is 15.2. The third-order valence-electron chi connectivity index (χ3n) is 4.97. The van der Waals surface area contributed by atoms with Crippen molar-refractivity contribution in [2.24, 2.45) is 5.92 Å². The molecule has 0 unspecified atom stereocenters. The zero-order valence-corrected chi connectivity index (χ0v) is 14.0. The first-order valence-corrected chi connectivity index (χ1v) is 8.47. The minimum Gasteiger partial charge on any atom is -0.466 e. The van der Waals surface area contributed by atoms with Gasteiger partial charge in [0.1, 0.15) is 11.5 Å². The summed E-state index contributed by atoms with van der Waals surface area (Å²) in [5.74, 6) is 1.71. The maximum absolute atomic E-state index is 12.5. The molecular weight excluding hydrogens is 306 g/mol. The van der Waals surface area contributed by atoms with E-state index in [9.17, 15) is 9.59 Å². The van der Waals surface area contributed by atoms with Gasteiger partial charge in [-0.2, -0.15) is 5.10 Å². The summed E-state index contributed by atoms with van der Waals surface area (Å²) in [7, 11) is 0. The number of hydrogen-bond donors (Lipinski definition) is 0. The molecule has 0 aromatic carbocycles. The highest BCUT2D eigenvalue weighted by atomic mass is 16.3. The SMILES string of the molecule is Cc1cc(C(=O)N2CC(Cn3nc4c(cc3=O)CCC4)C2)c(C)o1. The Kier molecular flexibility index (Phi) is 3.55. The van der Waals surface area contributed by atoms with Gasteiger partial charge in [-0.15, -0.1) is 0 Å². The molecule has 1 aliphatic heterocycles. The van der Waals surface area contributed by atoms with Crippen molar-refractivity contribution >= 4 is 5.91 Å². The largest absolute Gasteiger partial charge is 0.466 e. The van der Waals surface area contributed by atoms with Gasteiger partial charge in [0.25, 0.3) is 11.5 Å². The number of amides is 1. The van der Waals surface area contributed by atoms with E-state index >= 15 is 0 Å². The Balaban J connectivity index is 1.41. The van der Waals surface area contributed by atoms with Gasteiger partial charge in [-0.3, -0.25) is 9.59 Å². The second-order valence-electron chi connectivity index (χ2n) is 6.89. The van der Waals surface area contributed by atoms with Crippen LogP contribution in [0.2, 0.25) is 0 Å². The molecule has 0 saturated carbocycles. The number of likely N-dealkylation sites (tertiary alicyclic amines) is 1. The minimum atomic E-state index is -0.0262. The van der Waals surface area contributed by atoms with Crippen molar-refractivity contribution in [1.29, 1.82) is 0 Å². The molecule has 1 fully saturated rings. The van der Waals surface area contributed by atoms with Gasteiger partial charge in [0, 0.05) is 25.1 Å². The number of furan rings is 1.